The van der Waals surface area contributed by atoms with Crippen LogP contribution in [0.15, 0.2) is 18.5 Å². The van der Waals surface area contributed by atoms with Gasteiger partial charge in [-0.15, -0.1) is 0 Å². The van der Waals surface area contributed by atoms with Crippen molar-refractivity contribution < 1.29 is 0 Å². The third-order valence-electron chi connectivity index (χ3n) is 1.99. The van der Waals surface area contributed by atoms with Gasteiger partial charge in [-0.05, 0) is 23.8 Å². The smallest absolute Gasteiger partial charge is 0.0565 e. The van der Waals surface area contributed by atoms with Crippen molar-refractivity contribution in [2.45, 2.75) is 19.9 Å². The normalized spacial score (nSPS) is 12.8. The summed E-state index contributed by atoms with van der Waals surface area (Å²) in [6, 6.07) is 2.32. The minimum atomic E-state index is 0.201. The number of aryl methyl sites for hydroxylation is 1. The summed E-state index contributed by atoms with van der Waals surface area (Å²) in [6.45, 7) is 4.18. The van der Waals surface area contributed by atoms with E-state index in [-0.39, 0.29) is 6.04 Å². The van der Waals surface area contributed by atoms with E-state index in [2.05, 4.69) is 23.4 Å². The first-order valence-corrected chi connectivity index (χ1v) is 5.88. The van der Waals surface area contributed by atoms with Crippen LogP contribution < -0.4 is 11.3 Å². The SMILES string of the molecule is CCSCC(NN)c1cncc(C)c1. The lowest BCUT2D eigenvalue weighted by Gasteiger charge is -2.15. The average molecular weight is 211 g/mol. The Kier molecular flexibility index (Phi) is 4.93. The fourth-order valence-corrected chi connectivity index (χ4v) is 2.01. The molecule has 78 valence electrons. The van der Waals surface area contributed by atoms with Crippen LogP contribution in [0.2, 0.25) is 0 Å². The van der Waals surface area contributed by atoms with E-state index in [1.165, 1.54) is 5.56 Å². The molecule has 0 aromatic carbocycles. The maximum Gasteiger partial charge on any atom is 0.0565 e. The summed E-state index contributed by atoms with van der Waals surface area (Å²) in [7, 11) is 0. The van der Waals surface area contributed by atoms with Crippen molar-refractivity contribution in [2.24, 2.45) is 5.84 Å². The van der Waals surface area contributed by atoms with E-state index < -0.39 is 0 Å². The quantitative estimate of drug-likeness (QED) is 0.574. The summed E-state index contributed by atoms with van der Waals surface area (Å²) >= 11 is 1.87. The van der Waals surface area contributed by atoms with Crippen molar-refractivity contribution in [1.29, 1.82) is 0 Å². The van der Waals surface area contributed by atoms with Gasteiger partial charge in [0.15, 0.2) is 0 Å². The van der Waals surface area contributed by atoms with Gasteiger partial charge >= 0.3 is 0 Å². The zero-order valence-electron chi connectivity index (χ0n) is 8.66. The van der Waals surface area contributed by atoms with Crippen LogP contribution in [-0.2, 0) is 0 Å². The first kappa shape index (κ1) is 11.5. The Bertz CT molecular complexity index is 278. The number of thioether (sulfide) groups is 1. The van der Waals surface area contributed by atoms with Crippen LogP contribution in [0.3, 0.4) is 0 Å². The molecule has 0 saturated heterocycles. The lowest BCUT2D eigenvalue weighted by Crippen LogP contribution is -2.29. The molecule has 3 nitrogen and oxygen atoms in total. The molecule has 0 radical (unpaired) electrons. The second-order valence-electron chi connectivity index (χ2n) is 3.17. The van der Waals surface area contributed by atoms with Crippen LogP contribution >= 0.6 is 11.8 Å². The molecule has 0 aliphatic heterocycles. The maximum atomic E-state index is 5.50. The van der Waals surface area contributed by atoms with Crippen molar-refractivity contribution >= 4 is 11.8 Å². The minimum absolute atomic E-state index is 0.201. The third-order valence-corrected chi connectivity index (χ3v) is 2.97. The molecule has 0 spiro atoms. The van der Waals surface area contributed by atoms with Crippen LogP contribution in [0.5, 0.6) is 0 Å². The molecule has 1 heterocycles. The fourth-order valence-electron chi connectivity index (χ4n) is 1.25. The molecule has 1 rings (SSSR count). The predicted molar refractivity (Wildman–Crippen MR) is 62.0 cm³/mol. The molecule has 0 aliphatic carbocycles. The van der Waals surface area contributed by atoms with Gasteiger partial charge < -0.3 is 0 Å². The summed E-state index contributed by atoms with van der Waals surface area (Å²) < 4.78 is 0. The lowest BCUT2D eigenvalue weighted by atomic mass is 10.1. The molecule has 14 heavy (non-hydrogen) atoms. The number of nitrogens with zero attached hydrogens (tertiary/aromatic N) is 1. The van der Waals surface area contributed by atoms with Gasteiger partial charge in [-0.25, -0.2) is 0 Å². The average Bonchev–Trinajstić information content (AvgIpc) is 2.19. The number of hydrogen-bond acceptors (Lipinski definition) is 4. The highest BCUT2D eigenvalue weighted by molar-refractivity contribution is 7.99. The van der Waals surface area contributed by atoms with Crippen molar-refractivity contribution in [3.63, 3.8) is 0 Å². The highest BCUT2D eigenvalue weighted by atomic mass is 32.2. The predicted octanol–water partition coefficient (Wildman–Crippen LogP) is 1.65. The molecule has 3 N–H and O–H groups in total. The zero-order valence-corrected chi connectivity index (χ0v) is 9.47. The highest BCUT2D eigenvalue weighted by Gasteiger charge is 2.09. The van der Waals surface area contributed by atoms with Gasteiger partial charge in [0.1, 0.15) is 0 Å². The largest absolute Gasteiger partial charge is 0.271 e. The Morgan fingerprint density at radius 3 is 2.93 bits per heavy atom. The number of hydrogen-bond donors (Lipinski definition) is 2. The molecule has 0 aliphatic rings. The molecular weight excluding hydrogens is 194 g/mol. The molecule has 1 aromatic rings. The number of rotatable bonds is 5. The fraction of sp³-hybridized carbons (Fsp3) is 0.500. The Morgan fingerprint density at radius 1 is 1.57 bits per heavy atom. The Balaban J connectivity index is 2.68. The molecule has 0 saturated carbocycles. The van der Waals surface area contributed by atoms with E-state index in [0.717, 1.165) is 17.1 Å². The van der Waals surface area contributed by atoms with Gasteiger partial charge in [-0.3, -0.25) is 16.3 Å². The maximum absolute atomic E-state index is 5.50. The van der Waals surface area contributed by atoms with Crippen LogP contribution in [0.4, 0.5) is 0 Å². The molecule has 0 fully saturated rings. The molecule has 1 aromatic heterocycles. The molecule has 4 heteroatoms. The number of pyridine rings is 1. The van der Waals surface area contributed by atoms with Gasteiger partial charge in [0, 0.05) is 18.1 Å². The summed E-state index contributed by atoms with van der Waals surface area (Å²) in [4.78, 5) is 4.16. The van der Waals surface area contributed by atoms with Crippen LogP contribution in [0, 0.1) is 6.92 Å². The number of nitrogens with one attached hydrogen (secondary N) is 1. The van der Waals surface area contributed by atoms with E-state index in [1.807, 2.05) is 31.1 Å². The van der Waals surface area contributed by atoms with Crippen molar-refractivity contribution in [2.75, 3.05) is 11.5 Å². The second-order valence-corrected chi connectivity index (χ2v) is 4.49. The summed E-state index contributed by atoms with van der Waals surface area (Å²) in [5.74, 6) is 7.60. The van der Waals surface area contributed by atoms with E-state index in [4.69, 9.17) is 5.84 Å². The minimum Gasteiger partial charge on any atom is -0.271 e. The third kappa shape index (κ3) is 3.29. The Morgan fingerprint density at radius 2 is 2.36 bits per heavy atom. The van der Waals surface area contributed by atoms with Gasteiger partial charge in [0.25, 0.3) is 0 Å². The monoisotopic (exact) mass is 211 g/mol. The Hall–Kier alpha value is -0.580. The van der Waals surface area contributed by atoms with Crippen molar-refractivity contribution in [3.05, 3.63) is 29.6 Å². The van der Waals surface area contributed by atoms with E-state index in [9.17, 15) is 0 Å². The van der Waals surface area contributed by atoms with E-state index >= 15 is 0 Å². The van der Waals surface area contributed by atoms with Crippen molar-refractivity contribution in [1.82, 2.24) is 10.4 Å². The van der Waals surface area contributed by atoms with Crippen LogP contribution in [0.25, 0.3) is 0 Å². The molecule has 0 amide bonds. The van der Waals surface area contributed by atoms with Gasteiger partial charge in [-0.1, -0.05) is 13.0 Å². The molecule has 1 atom stereocenters. The van der Waals surface area contributed by atoms with Gasteiger partial charge in [0.2, 0.25) is 0 Å². The van der Waals surface area contributed by atoms with Crippen LogP contribution in [0.1, 0.15) is 24.1 Å². The highest BCUT2D eigenvalue weighted by Crippen LogP contribution is 2.17. The summed E-state index contributed by atoms with van der Waals surface area (Å²) in [5, 5.41) is 0. The molecule has 0 bridgehead atoms. The lowest BCUT2D eigenvalue weighted by molar-refractivity contribution is 0.608. The standard InChI is InChI=1S/C10H17N3S/c1-3-14-7-10(13-11)9-4-8(2)5-12-6-9/h4-6,10,13H,3,7,11H2,1-2H3. The number of aromatic nitrogens is 1. The molecular formula is C10H17N3S. The summed E-state index contributed by atoms with van der Waals surface area (Å²) in [6.07, 6.45) is 3.72. The first-order chi connectivity index (χ1) is 6.77. The van der Waals surface area contributed by atoms with Crippen molar-refractivity contribution in [3.8, 4) is 0 Å². The first-order valence-electron chi connectivity index (χ1n) is 4.73. The Labute approximate surface area is 89.5 Å². The summed E-state index contributed by atoms with van der Waals surface area (Å²) in [5.41, 5.74) is 5.15. The van der Waals surface area contributed by atoms with Gasteiger partial charge in [-0.2, -0.15) is 11.8 Å². The van der Waals surface area contributed by atoms with E-state index in [1.54, 1.807) is 0 Å². The number of nitrogens with two attached hydrogens (primary N) is 1. The molecule has 1 unspecified atom stereocenters. The topological polar surface area (TPSA) is 50.9 Å². The number of hydrazine groups is 1. The van der Waals surface area contributed by atoms with Crippen LogP contribution in [-0.4, -0.2) is 16.5 Å². The zero-order chi connectivity index (χ0) is 10.4. The second kappa shape index (κ2) is 6.01. The van der Waals surface area contributed by atoms with Gasteiger partial charge in [0.05, 0.1) is 6.04 Å². The van der Waals surface area contributed by atoms with E-state index in [0.29, 0.717) is 0 Å².